The number of rotatable bonds is 4. The van der Waals surface area contributed by atoms with Gasteiger partial charge in [0.1, 0.15) is 0 Å². The molecule has 0 amide bonds. The quantitative estimate of drug-likeness (QED) is 0.744. The summed E-state index contributed by atoms with van der Waals surface area (Å²) in [6.07, 6.45) is 7.42. The number of benzene rings is 1. The van der Waals surface area contributed by atoms with Gasteiger partial charge in [-0.15, -0.1) is 0 Å². The number of halogens is 2. The van der Waals surface area contributed by atoms with Crippen molar-refractivity contribution in [3.63, 3.8) is 0 Å². The minimum Gasteiger partial charge on any atom is -0.307 e. The van der Waals surface area contributed by atoms with Crippen LogP contribution in [0, 0.1) is 0 Å². The summed E-state index contributed by atoms with van der Waals surface area (Å²) in [5.74, 6) is 0. The molecule has 0 fully saturated rings. The van der Waals surface area contributed by atoms with Crippen molar-refractivity contribution in [3.8, 4) is 0 Å². The summed E-state index contributed by atoms with van der Waals surface area (Å²) in [7, 11) is 0. The largest absolute Gasteiger partial charge is 0.307 e. The summed E-state index contributed by atoms with van der Waals surface area (Å²) in [6.45, 7) is 3.11. The summed E-state index contributed by atoms with van der Waals surface area (Å²) in [4.78, 5) is 0. The van der Waals surface area contributed by atoms with Gasteiger partial charge in [0.25, 0.3) is 0 Å². The average Bonchev–Trinajstić information content (AvgIpc) is 2.36. The maximum atomic E-state index is 6.16. The van der Waals surface area contributed by atoms with Gasteiger partial charge in [-0.05, 0) is 56.0 Å². The first-order valence-corrected chi connectivity index (χ1v) is 7.76. The van der Waals surface area contributed by atoms with Gasteiger partial charge in [0.15, 0.2) is 0 Å². The van der Waals surface area contributed by atoms with Gasteiger partial charge in [-0.1, -0.05) is 46.1 Å². The Labute approximate surface area is 123 Å². The third-order valence-corrected chi connectivity index (χ3v) is 4.00. The summed E-state index contributed by atoms with van der Waals surface area (Å²) in [5.41, 5.74) is 2.77. The molecule has 1 atom stereocenters. The molecule has 0 saturated heterocycles. The van der Waals surface area contributed by atoms with Crippen molar-refractivity contribution in [1.29, 1.82) is 0 Å². The monoisotopic (exact) mass is 327 g/mol. The Kier molecular flexibility index (Phi) is 5.28. The minimum atomic E-state index is 0.310. The van der Waals surface area contributed by atoms with Crippen LogP contribution in [-0.2, 0) is 0 Å². The zero-order valence-corrected chi connectivity index (χ0v) is 13.0. The van der Waals surface area contributed by atoms with E-state index in [1.165, 1.54) is 36.8 Å². The molecule has 0 aromatic heterocycles. The Hall–Kier alpha value is -0.310. The maximum absolute atomic E-state index is 6.16. The van der Waals surface area contributed by atoms with Gasteiger partial charge >= 0.3 is 0 Å². The molecule has 1 aromatic rings. The molecule has 2 rings (SSSR count). The van der Waals surface area contributed by atoms with E-state index in [0.29, 0.717) is 6.04 Å². The van der Waals surface area contributed by atoms with Crippen molar-refractivity contribution in [2.45, 2.75) is 38.6 Å². The molecule has 1 aromatic carbocycles. The van der Waals surface area contributed by atoms with Crippen molar-refractivity contribution < 1.29 is 0 Å². The Morgan fingerprint density at radius 3 is 2.78 bits per heavy atom. The summed E-state index contributed by atoms with van der Waals surface area (Å²) < 4.78 is 1.05. The maximum Gasteiger partial charge on any atom is 0.0536 e. The van der Waals surface area contributed by atoms with Gasteiger partial charge in [0.2, 0.25) is 0 Å². The third-order valence-electron chi connectivity index (χ3n) is 3.32. The third kappa shape index (κ3) is 3.59. The van der Waals surface area contributed by atoms with Crippen LogP contribution in [0.3, 0.4) is 0 Å². The number of likely N-dealkylation sites (N-methyl/N-ethyl adjacent to an activating group) is 1. The second-order valence-corrected chi connectivity index (χ2v) is 6.07. The summed E-state index contributed by atoms with van der Waals surface area (Å²) >= 11 is 9.68. The van der Waals surface area contributed by atoms with E-state index in [9.17, 15) is 0 Å². The molecule has 0 aliphatic heterocycles. The van der Waals surface area contributed by atoms with Crippen molar-refractivity contribution in [2.75, 3.05) is 6.54 Å². The number of hydrogen-bond acceptors (Lipinski definition) is 1. The van der Waals surface area contributed by atoms with Crippen LogP contribution in [0.2, 0.25) is 5.02 Å². The molecule has 0 heterocycles. The van der Waals surface area contributed by atoms with E-state index in [2.05, 4.69) is 46.4 Å². The highest BCUT2D eigenvalue weighted by atomic mass is 79.9. The molecule has 1 N–H and O–H groups in total. The predicted octanol–water partition coefficient (Wildman–Crippen LogP) is 5.25. The van der Waals surface area contributed by atoms with Gasteiger partial charge in [-0.2, -0.15) is 0 Å². The van der Waals surface area contributed by atoms with Crippen molar-refractivity contribution >= 4 is 27.5 Å². The van der Waals surface area contributed by atoms with Gasteiger partial charge in [-0.3, -0.25) is 0 Å². The van der Waals surface area contributed by atoms with Gasteiger partial charge in [0.05, 0.1) is 6.04 Å². The molecule has 98 valence electrons. The first-order chi connectivity index (χ1) is 8.70. The van der Waals surface area contributed by atoms with Crippen LogP contribution >= 0.6 is 27.5 Å². The Balaban J connectivity index is 2.31. The fraction of sp³-hybridized carbons (Fsp3) is 0.467. The minimum absolute atomic E-state index is 0.310. The number of nitrogens with one attached hydrogen (secondary N) is 1. The van der Waals surface area contributed by atoms with Crippen LogP contribution in [0.25, 0.3) is 0 Å². The highest BCUT2D eigenvalue weighted by Gasteiger charge is 2.18. The lowest BCUT2D eigenvalue weighted by Gasteiger charge is -2.25. The van der Waals surface area contributed by atoms with E-state index in [4.69, 9.17) is 11.6 Å². The first-order valence-electron chi connectivity index (χ1n) is 6.59. The fourth-order valence-corrected chi connectivity index (χ4v) is 3.42. The molecule has 1 aliphatic rings. The normalized spacial score (nSPS) is 17.4. The number of allylic oxidation sites excluding steroid dienone is 1. The van der Waals surface area contributed by atoms with Gasteiger partial charge in [-0.25, -0.2) is 0 Å². The molecule has 1 aliphatic carbocycles. The highest BCUT2D eigenvalue weighted by Crippen LogP contribution is 2.32. The van der Waals surface area contributed by atoms with E-state index in [-0.39, 0.29) is 0 Å². The lowest BCUT2D eigenvalue weighted by atomic mass is 9.90. The molecule has 0 radical (unpaired) electrons. The lowest BCUT2D eigenvalue weighted by molar-refractivity contribution is 0.564. The van der Waals surface area contributed by atoms with E-state index in [1.807, 2.05) is 6.07 Å². The molecular weight excluding hydrogens is 310 g/mol. The standard InChI is InChI=1S/C15H19BrClN/c1-2-18-15(11-6-4-3-5-7-11)12-8-13(16)10-14(17)9-12/h6,8-10,15,18H,2-5,7H2,1H3. The van der Waals surface area contributed by atoms with Crippen LogP contribution in [0.4, 0.5) is 0 Å². The van der Waals surface area contributed by atoms with Crippen LogP contribution in [0.1, 0.15) is 44.2 Å². The molecule has 3 heteroatoms. The van der Waals surface area contributed by atoms with Gasteiger partial charge in [0, 0.05) is 9.50 Å². The molecule has 0 saturated carbocycles. The number of hydrogen-bond donors (Lipinski definition) is 1. The predicted molar refractivity (Wildman–Crippen MR) is 82.1 cm³/mol. The second kappa shape index (κ2) is 6.74. The Bertz CT molecular complexity index is 422. The fourth-order valence-electron chi connectivity index (χ4n) is 2.53. The molecular formula is C15H19BrClN. The smallest absolute Gasteiger partial charge is 0.0536 e. The molecule has 1 unspecified atom stereocenters. The summed E-state index contributed by atoms with van der Waals surface area (Å²) in [6, 6.07) is 6.47. The molecule has 1 nitrogen and oxygen atoms in total. The van der Waals surface area contributed by atoms with Crippen LogP contribution in [0.5, 0.6) is 0 Å². The van der Waals surface area contributed by atoms with E-state index in [0.717, 1.165) is 16.0 Å². The van der Waals surface area contributed by atoms with Crippen molar-refractivity contribution in [2.24, 2.45) is 0 Å². The molecule has 0 bridgehead atoms. The van der Waals surface area contributed by atoms with Crippen molar-refractivity contribution in [1.82, 2.24) is 5.32 Å². The van der Waals surface area contributed by atoms with Gasteiger partial charge < -0.3 is 5.32 Å². The molecule has 0 spiro atoms. The second-order valence-electron chi connectivity index (χ2n) is 4.72. The van der Waals surface area contributed by atoms with Crippen LogP contribution in [-0.4, -0.2) is 6.54 Å². The SMILES string of the molecule is CCNC(C1=CCCCC1)c1cc(Cl)cc(Br)c1. The van der Waals surface area contributed by atoms with Crippen molar-refractivity contribution in [3.05, 3.63) is 44.9 Å². The van der Waals surface area contributed by atoms with E-state index < -0.39 is 0 Å². The van der Waals surface area contributed by atoms with E-state index >= 15 is 0 Å². The first kappa shape index (κ1) is 14.1. The zero-order chi connectivity index (χ0) is 13.0. The van der Waals surface area contributed by atoms with Crippen LogP contribution in [0.15, 0.2) is 34.3 Å². The van der Waals surface area contributed by atoms with E-state index in [1.54, 1.807) is 0 Å². The highest BCUT2D eigenvalue weighted by molar-refractivity contribution is 9.10. The topological polar surface area (TPSA) is 12.0 Å². The summed E-state index contributed by atoms with van der Waals surface area (Å²) in [5, 5.41) is 4.37. The Morgan fingerprint density at radius 1 is 1.33 bits per heavy atom. The van der Waals surface area contributed by atoms with Crippen LogP contribution < -0.4 is 5.32 Å². The lowest BCUT2D eigenvalue weighted by Crippen LogP contribution is -2.23. The molecule has 18 heavy (non-hydrogen) atoms. The zero-order valence-electron chi connectivity index (χ0n) is 10.7. The Morgan fingerprint density at radius 2 is 2.17 bits per heavy atom. The average molecular weight is 329 g/mol.